The number of phosphoric ester groups is 1. The number of anilines is 2. The highest BCUT2D eigenvalue weighted by atomic mass is 31.3. The number of nitrogens with two attached hydrogens (primary N) is 2. The fourth-order valence-electron chi connectivity index (χ4n) is 3.71. The average molecular weight is 548 g/mol. The standard InChI is InChI=1S/C12H19N6O13P3/c1-11-8(19)12(2-27-11,3-28-33(23,24)31-34(25,26)30-32(20,21)22)29-9(11)18-4-15-5-6(13)16-10(14)17-7(5)18/h4,8-9,19H,2-3H2,1H3,(H,23,24)(H,25,26)(H2,20,21,22)(H4,13,14,16,17)/t8-,9+,11+,12+/m0/s1. The number of rotatable bonds is 8. The lowest BCUT2D eigenvalue weighted by molar-refractivity contribution is -0.210. The number of fused-ring (bicyclic) bond motifs is 3. The Hall–Kier alpha value is -1.56. The van der Waals surface area contributed by atoms with Crippen molar-refractivity contribution in [2.75, 3.05) is 24.7 Å². The minimum Gasteiger partial charge on any atom is -0.387 e. The summed E-state index contributed by atoms with van der Waals surface area (Å²) in [4.78, 5) is 48.1. The molecule has 0 spiro atoms. The van der Waals surface area contributed by atoms with E-state index in [9.17, 15) is 28.6 Å². The Balaban J connectivity index is 1.56. The van der Waals surface area contributed by atoms with E-state index in [1.165, 1.54) is 17.8 Å². The van der Waals surface area contributed by atoms with Crippen molar-refractivity contribution >= 4 is 46.4 Å². The van der Waals surface area contributed by atoms with Crippen LogP contribution in [0.25, 0.3) is 11.2 Å². The highest BCUT2D eigenvalue weighted by Crippen LogP contribution is 2.67. The second-order valence-corrected chi connectivity index (χ2v) is 12.0. The van der Waals surface area contributed by atoms with Crippen LogP contribution in [0, 0.1) is 0 Å². The molecule has 2 bridgehead atoms. The van der Waals surface area contributed by atoms with E-state index in [2.05, 4.69) is 28.1 Å². The summed E-state index contributed by atoms with van der Waals surface area (Å²) >= 11 is 0. The number of imidazole rings is 1. The zero-order chi connectivity index (χ0) is 25.3. The normalized spacial score (nSPS) is 32.6. The number of phosphoric acid groups is 3. The Bertz CT molecular complexity index is 1280. The third kappa shape index (κ3) is 4.52. The number of hydrogen-bond donors (Lipinski definition) is 7. The number of nitrogens with zero attached hydrogens (tertiary/aromatic N) is 4. The maximum atomic E-state index is 12.1. The molecule has 19 nitrogen and oxygen atoms in total. The molecule has 2 aliphatic rings. The van der Waals surface area contributed by atoms with E-state index in [0.29, 0.717) is 0 Å². The molecule has 2 aliphatic heterocycles. The highest BCUT2D eigenvalue weighted by Gasteiger charge is 2.69. The molecule has 0 amide bonds. The lowest BCUT2D eigenvalue weighted by atomic mass is 9.92. The van der Waals surface area contributed by atoms with Crippen LogP contribution in [0.2, 0.25) is 0 Å². The van der Waals surface area contributed by atoms with Gasteiger partial charge in [-0.1, -0.05) is 0 Å². The van der Waals surface area contributed by atoms with Gasteiger partial charge in [-0.05, 0) is 6.92 Å². The molecule has 2 aromatic rings. The van der Waals surface area contributed by atoms with Crippen LogP contribution in [0.1, 0.15) is 13.2 Å². The van der Waals surface area contributed by atoms with Gasteiger partial charge in [0.1, 0.15) is 22.8 Å². The van der Waals surface area contributed by atoms with Gasteiger partial charge in [-0.25, -0.2) is 18.7 Å². The summed E-state index contributed by atoms with van der Waals surface area (Å²) in [6, 6.07) is 0. The third-order valence-electron chi connectivity index (χ3n) is 5.11. The number of ether oxygens (including phenoxy) is 2. The topological polar surface area (TPSA) is 294 Å². The Labute approximate surface area is 189 Å². The molecule has 0 aliphatic carbocycles. The third-order valence-corrected chi connectivity index (χ3v) is 8.89. The molecule has 6 atom stereocenters. The van der Waals surface area contributed by atoms with Crippen molar-refractivity contribution < 1.29 is 61.0 Å². The lowest BCUT2D eigenvalue weighted by Crippen LogP contribution is -2.45. The monoisotopic (exact) mass is 548 g/mol. The molecule has 4 rings (SSSR count). The molecule has 4 heterocycles. The van der Waals surface area contributed by atoms with Gasteiger partial charge in [0.25, 0.3) is 0 Å². The zero-order valence-electron chi connectivity index (χ0n) is 16.9. The van der Waals surface area contributed by atoms with E-state index < -0.39 is 53.6 Å². The second-order valence-electron chi connectivity index (χ2n) is 7.57. The van der Waals surface area contributed by atoms with E-state index in [1.54, 1.807) is 0 Å². The lowest BCUT2D eigenvalue weighted by Gasteiger charge is -2.34. The first kappa shape index (κ1) is 25.5. The first-order valence-corrected chi connectivity index (χ1v) is 13.5. The summed E-state index contributed by atoms with van der Waals surface area (Å²) in [5.41, 5.74) is 8.51. The maximum Gasteiger partial charge on any atom is 0.490 e. The van der Waals surface area contributed by atoms with Gasteiger partial charge in [-0.2, -0.15) is 18.6 Å². The van der Waals surface area contributed by atoms with Crippen molar-refractivity contribution in [2.24, 2.45) is 0 Å². The fraction of sp³-hybridized carbons (Fsp3) is 0.583. The van der Waals surface area contributed by atoms with E-state index in [4.69, 9.17) is 30.7 Å². The van der Waals surface area contributed by atoms with Crippen LogP contribution in [0.4, 0.5) is 11.8 Å². The molecule has 0 aromatic carbocycles. The van der Waals surface area contributed by atoms with Crippen LogP contribution in [0.15, 0.2) is 6.33 Å². The number of aromatic nitrogens is 4. The average Bonchev–Trinajstić information content (AvgIpc) is 3.24. The quantitative estimate of drug-likeness (QED) is 0.190. The molecule has 2 unspecified atom stereocenters. The Kier molecular flexibility index (Phi) is 5.99. The van der Waals surface area contributed by atoms with E-state index in [0.717, 1.165) is 0 Å². The molecule has 9 N–H and O–H groups in total. The van der Waals surface area contributed by atoms with E-state index >= 15 is 0 Å². The molecule has 2 aromatic heterocycles. The van der Waals surface area contributed by atoms with Gasteiger partial charge in [-0.15, -0.1) is 0 Å². The summed E-state index contributed by atoms with van der Waals surface area (Å²) in [7, 11) is -16.7. The Morgan fingerprint density at radius 1 is 1.18 bits per heavy atom. The summed E-state index contributed by atoms with van der Waals surface area (Å²) in [6.07, 6.45) is -1.33. The van der Waals surface area contributed by atoms with Crippen LogP contribution in [-0.4, -0.2) is 74.7 Å². The Morgan fingerprint density at radius 2 is 1.85 bits per heavy atom. The van der Waals surface area contributed by atoms with Gasteiger partial charge in [0.05, 0.1) is 19.5 Å². The number of aliphatic hydroxyl groups is 1. The van der Waals surface area contributed by atoms with Gasteiger partial charge < -0.3 is 45.6 Å². The number of nitrogen functional groups attached to an aromatic ring is 2. The minimum atomic E-state index is -5.72. The van der Waals surface area contributed by atoms with Gasteiger partial charge in [0.15, 0.2) is 17.7 Å². The SMILES string of the molecule is C[C@]12OC[C@](COP(=O)(O)OP(=O)(O)OP(=O)(O)O)(O[C@H]1n1cnc3c(N)nc(N)nc31)[C@H]2O. The van der Waals surface area contributed by atoms with Gasteiger partial charge >= 0.3 is 23.5 Å². The van der Waals surface area contributed by atoms with E-state index in [1.807, 2.05) is 0 Å². The largest absolute Gasteiger partial charge is 0.490 e. The Morgan fingerprint density at radius 3 is 2.50 bits per heavy atom. The van der Waals surface area contributed by atoms with Crippen molar-refractivity contribution in [3.8, 4) is 0 Å². The molecular weight excluding hydrogens is 529 g/mol. The van der Waals surface area contributed by atoms with Crippen molar-refractivity contribution in [3.05, 3.63) is 6.33 Å². The molecule has 0 radical (unpaired) electrons. The first-order chi connectivity index (χ1) is 15.5. The summed E-state index contributed by atoms with van der Waals surface area (Å²) < 4.78 is 59.3. The molecule has 0 saturated carbocycles. The summed E-state index contributed by atoms with van der Waals surface area (Å²) in [5, 5.41) is 10.9. The van der Waals surface area contributed by atoms with Crippen LogP contribution in [-0.2, 0) is 36.3 Å². The van der Waals surface area contributed by atoms with Gasteiger partial charge in [0.2, 0.25) is 5.95 Å². The van der Waals surface area contributed by atoms with Crippen LogP contribution < -0.4 is 11.5 Å². The molecule has 22 heteroatoms. The summed E-state index contributed by atoms with van der Waals surface area (Å²) in [6.45, 7) is 0.209. The van der Waals surface area contributed by atoms with Crippen molar-refractivity contribution in [1.82, 2.24) is 19.5 Å². The maximum absolute atomic E-state index is 12.1. The molecule has 2 fully saturated rings. The minimum absolute atomic E-state index is 0.0154. The van der Waals surface area contributed by atoms with Crippen molar-refractivity contribution in [1.29, 1.82) is 0 Å². The predicted molar refractivity (Wildman–Crippen MR) is 107 cm³/mol. The van der Waals surface area contributed by atoms with Crippen LogP contribution >= 0.6 is 23.5 Å². The summed E-state index contributed by atoms with van der Waals surface area (Å²) in [5.74, 6) is -0.178. The zero-order valence-corrected chi connectivity index (χ0v) is 19.6. The molecule has 2 saturated heterocycles. The van der Waals surface area contributed by atoms with Gasteiger partial charge in [-0.3, -0.25) is 9.09 Å². The highest BCUT2D eigenvalue weighted by molar-refractivity contribution is 7.66. The number of hydrogen-bond acceptors (Lipinski definition) is 14. The van der Waals surface area contributed by atoms with Crippen LogP contribution in [0.5, 0.6) is 0 Å². The van der Waals surface area contributed by atoms with Gasteiger partial charge in [0, 0.05) is 0 Å². The smallest absolute Gasteiger partial charge is 0.387 e. The van der Waals surface area contributed by atoms with Crippen molar-refractivity contribution in [2.45, 2.75) is 30.5 Å². The van der Waals surface area contributed by atoms with E-state index in [-0.39, 0.29) is 29.5 Å². The first-order valence-electron chi connectivity index (χ1n) is 9.01. The molecular formula is C12H19N6O13P3. The molecule has 190 valence electrons. The predicted octanol–water partition coefficient (Wildman–Crippen LogP) is -1.25. The fourth-order valence-corrected chi connectivity index (χ4v) is 6.79. The van der Waals surface area contributed by atoms with Crippen molar-refractivity contribution in [3.63, 3.8) is 0 Å². The van der Waals surface area contributed by atoms with Crippen LogP contribution in [0.3, 0.4) is 0 Å². The molecule has 34 heavy (non-hydrogen) atoms. The number of aliphatic hydroxyl groups excluding tert-OH is 1. The second kappa shape index (κ2) is 7.97.